The Morgan fingerprint density at radius 1 is 1.30 bits per heavy atom. The highest BCUT2D eigenvalue weighted by Gasteiger charge is 2.48. The van der Waals surface area contributed by atoms with E-state index in [1.54, 1.807) is 0 Å². The SMILES string of the molecule is CC(F)(F)C(C)(F)C(=O)[O-]. The molecule has 0 heterocycles. The van der Waals surface area contributed by atoms with Crippen LogP contribution in [0.15, 0.2) is 0 Å². The molecular weight excluding hydrogens is 149 g/mol. The molecule has 0 aliphatic rings. The number of aliphatic carboxylic acids is 1. The number of rotatable bonds is 2. The third-order valence-electron chi connectivity index (χ3n) is 1.21. The largest absolute Gasteiger partial charge is 0.546 e. The second-order valence-electron chi connectivity index (χ2n) is 2.18. The quantitative estimate of drug-likeness (QED) is 0.568. The van der Waals surface area contributed by atoms with E-state index >= 15 is 0 Å². The molecule has 60 valence electrons. The number of hydrogen-bond donors (Lipinski definition) is 0. The lowest BCUT2D eigenvalue weighted by Crippen LogP contribution is -2.53. The van der Waals surface area contributed by atoms with Crippen molar-refractivity contribution >= 4 is 5.97 Å². The van der Waals surface area contributed by atoms with Crippen LogP contribution in [0.4, 0.5) is 13.2 Å². The van der Waals surface area contributed by atoms with Crippen LogP contribution in [-0.4, -0.2) is 17.6 Å². The number of carboxylic acids is 1. The van der Waals surface area contributed by atoms with E-state index in [1.165, 1.54) is 0 Å². The summed E-state index contributed by atoms with van der Waals surface area (Å²) in [7, 11) is 0. The Morgan fingerprint density at radius 2 is 1.60 bits per heavy atom. The summed E-state index contributed by atoms with van der Waals surface area (Å²) >= 11 is 0. The molecule has 0 N–H and O–H groups in total. The molecule has 0 aromatic rings. The van der Waals surface area contributed by atoms with Gasteiger partial charge < -0.3 is 9.90 Å². The molecule has 0 saturated carbocycles. The molecule has 0 aliphatic heterocycles. The fraction of sp³-hybridized carbons (Fsp3) is 0.800. The van der Waals surface area contributed by atoms with Gasteiger partial charge in [0.2, 0.25) is 5.67 Å². The maximum atomic E-state index is 12.3. The van der Waals surface area contributed by atoms with E-state index in [4.69, 9.17) is 0 Å². The molecule has 2 nitrogen and oxygen atoms in total. The molecule has 0 saturated heterocycles. The number of carbonyl (C=O) groups excluding carboxylic acids is 1. The van der Waals surface area contributed by atoms with Crippen molar-refractivity contribution in [3.63, 3.8) is 0 Å². The minimum Gasteiger partial charge on any atom is -0.546 e. The average molecular weight is 155 g/mol. The number of alkyl halides is 3. The van der Waals surface area contributed by atoms with Gasteiger partial charge in [0.1, 0.15) is 0 Å². The van der Waals surface area contributed by atoms with Crippen molar-refractivity contribution in [3.05, 3.63) is 0 Å². The smallest absolute Gasteiger partial charge is 0.283 e. The fourth-order valence-electron chi connectivity index (χ4n) is 0.179. The summed E-state index contributed by atoms with van der Waals surface area (Å²) in [5.41, 5.74) is -3.59. The zero-order valence-corrected chi connectivity index (χ0v) is 5.45. The van der Waals surface area contributed by atoms with E-state index in [9.17, 15) is 23.1 Å². The van der Waals surface area contributed by atoms with E-state index in [0.717, 1.165) is 0 Å². The first-order valence-electron chi connectivity index (χ1n) is 2.48. The number of hydrogen-bond acceptors (Lipinski definition) is 2. The Bertz CT molecular complexity index is 147. The highest BCUT2D eigenvalue weighted by Crippen LogP contribution is 2.30. The van der Waals surface area contributed by atoms with Gasteiger partial charge in [0.15, 0.2) is 0 Å². The Hall–Kier alpha value is -0.740. The monoisotopic (exact) mass is 155 g/mol. The molecule has 0 radical (unpaired) electrons. The average Bonchev–Trinajstić information content (AvgIpc) is 1.62. The van der Waals surface area contributed by atoms with E-state index in [0.29, 0.717) is 0 Å². The van der Waals surface area contributed by atoms with Crippen molar-refractivity contribution in [1.82, 2.24) is 0 Å². The fourth-order valence-corrected chi connectivity index (χ4v) is 0.179. The molecule has 0 bridgehead atoms. The third kappa shape index (κ3) is 1.40. The zero-order chi connectivity index (χ0) is 8.58. The van der Waals surface area contributed by atoms with E-state index in [2.05, 4.69) is 0 Å². The van der Waals surface area contributed by atoms with Gasteiger partial charge in [-0.05, 0) is 6.92 Å². The van der Waals surface area contributed by atoms with Gasteiger partial charge in [0.25, 0.3) is 5.92 Å². The molecule has 0 amide bonds. The van der Waals surface area contributed by atoms with Crippen molar-refractivity contribution in [2.75, 3.05) is 0 Å². The number of halogens is 3. The molecular formula is C5H6F3O2-. The number of carboxylic acid groups (broad SMARTS) is 1. The lowest BCUT2D eigenvalue weighted by atomic mass is 10.0. The summed E-state index contributed by atoms with van der Waals surface area (Å²) in [6.07, 6.45) is 0. The van der Waals surface area contributed by atoms with Crippen LogP contribution in [0.25, 0.3) is 0 Å². The van der Waals surface area contributed by atoms with Gasteiger partial charge in [0, 0.05) is 6.92 Å². The Kier molecular flexibility index (Phi) is 1.98. The lowest BCUT2D eigenvalue weighted by molar-refractivity contribution is -0.329. The summed E-state index contributed by atoms with van der Waals surface area (Å²) in [6, 6.07) is 0. The molecule has 0 aromatic carbocycles. The molecule has 0 fully saturated rings. The van der Waals surface area contributed by atoms with Crippen LogP contribution < -0.4 is 5.11 Å². The van der Waals surface area contributed by atoms with Crippen molar-refractivity contribution in [1.29, 1.82) is 0 Å². The normalized spacial score (nSPS) is 18.1. The highest BCUT2D eigenvalue weighted by molar-refractivity contribution is 5.75. The van der Waals surface area contributed by atoms with Crippen LogP contribution >= 0.6 is 0 Å². The molecule has 0 rings (SSSR count). The van der Waals surface area contributed by atoms with Gasteiger partial charge in [0.05, 0.1) is 5.97 Å². The van der Waals surface area contributed by atoms with Gasteiger partial charge in [-0.1, -0.05) is 0 Å². The predicted octanol–water partition coefficient (Wildman–Crippen LogP) is 0.120. The molecule has 5 heteroatoms. The second-order valence-corrected chi connectivity index (χ2v) is 2.18. The van der Waals surface area contributed by atoms with Crippen molar-refractivity contribution in [3.8, 4) is 0 Å². The molecule has 0 aromatic heterocycles. The lowest BCUT2D eigenvalue weighted by Gasteiger charge is -2.27. The Labute approximate surface area is 55.7 Å². The summed E-state index contributed by atoms with van der Waals surface area (Å²) in [5, 5.41) is 9.70. The van der Waals surface area contributed by atoms with Crippen LogP contribution in [0.2, 0.25) is 0 Å². The van der Waals surface area contributed by atoms with E-state index in [-0.39, 0.29) is 13.8 Å². The van der Waals surface area contributed by atoms with Crippen molar-refractivity contribution in [2.24, 2.45) is 0 Å². The first-order chi connectivity index (χ1) is 4.19. The minimum absolute atomic E-state index is 0.183. The molecule has 1 unspecified atom stereocenters. The van der Waals surface area contributed by atoms with Crippen LogP contribution in [0.1, 0.15) is 13.8 Å². The standard InChI is InChI=1S/C5H7F3O2/c1-4(6,3(9)10)5(2,7)8/h1-2H3,(H,9,10)/p-1. The van der Waals surface area contributed by atoms with E-state index in [1.807, 2.05) is 0 Å². The highest BCUT2D eigenvalue weighted by atomic mass is 19.3. The number of carbonyl (C=O) groups is 1. The first-order valence-corrected chi connectivity index (χ1v) is 2.48. The molecule has 10 heavy (non-hydrogen) atoms. The van der Waals surface area contributed by atoms with Gasteiger partial charge in [-0.25, -0.2) is 13.2 Å². The van der Waals surface area contributed by atoms with Gasteiger partial charge in [-0.2, -0.15) is 0 Å². The topological polar surface area (TPSA) is 40.1 Å². The zero-order valence-electron chi connectivity index (χ0n) is 5.45. The predicted molar refractivity (Wildman–Crippen MR) is 25.1 cm³/mol. The van der Waals surface area contributed by atoms with Crippen LogP contribution in [0.3, 0.4) is 0 Å². The summed E-state index contributed by atoms with van der Waals surface area (Å²) in [5.74, 6) is -6.31. The van der Waals surface area contributed by atoms with Crippen molar-refractivity contribution in [2.45, 2.75) is 25.4 Å². The Morgan fingerprint density at radius 3 is 1.60 bits per heavy atom. The third-order valence-corrected chi connectivity index (χ3v) is 1.21. The maximum Gasteiger partial charge on any atom is 0.283 e. The van der Waals surface area contributed by atoms with Crippen LogP contribution in [-0.2, 0) is 4.79 Å². The summed E-state index contributed by atoms with van der Waals surface area (Å²) < 4.78 is 36.2. The summed E-state index contributed by atoms with van der Waals surface area (Å²) in [6.45, 7) is 0.450. The van der Waals surface area contributed by atoms with Gasteiger partial charge in [-0.3, -0.25) is 0 Å². The minimum atomic E-state index is -3.91. The molecule has 0 aliphatic carbocycles. The first kappa shape index (κ1) is 9.26. The van der Waals surface area contributed by atoms with Crippen LogP contribution in [0, 0.1) is 0 Å². The van der Waals surface area contributed by atoms with Crippen LogP contribution in [0.5, 0.6) is 0 Å². The van der Waals surface area contributed by atoms with E-state index < -0.39 is 17.6 Å². The van der Waals surface area contributed by atoms with Gasteiger partial charge in [-0.15, -0.1) is 0 Å². The van der Waals surface area contributed by atoms with Gasteiger partial charge >= 0.3 is 0 Å². The maximum absolute atomic E-state index is 12.3. The summed E-state index contributed by atoms with van der Waals surface area (Å²) in [4.78, 5) is 9.70. The van der Waals surface area contributed by atoms with Crippen molar-refractivity contribution < 1.29 is 23.1 Å². The molecule has 1 atom stereocenters. The second kappa shape index (κ2) is 2.14. The Balaban J connectivity index is 4.57. The molecule has 0 spiro atoms.